The third-order valence-electron chi connectivity index (χ3n) is 10.1. The van der Waals surface area contributed by atoms with Crippen molar-refractivity contribution in [2.45, 2.75) is 0 Å². The number of fused-ring (bicyclic) bond motifs is 10. The number of thiophene rings is 1. The summed E-state index contributed by atoms with van der Waals surface area (Å²) >= 11 is 1.86. The predicted molar refractivity (Wildman–Crippen MR) is 213 cm³/mol. The highest BCUT2D eigenvalue weighted by molar-refractivity contribution is 7.26. The smallest absolute Gasteiger partial charge is 0.162 e. The van der Waals surface area contributed by atoms with Crippen molar-refractivity contribution in [1.29, 1.82) is 0 Å². The fraction of sp³-hybridized carbons (Fsp3) is 0. The summed E-state index contributed by atoms with van der Waals surface area (Å²) in [4.78, 5) is 10.6. The van der Waals surface area contributed by atoms with Crippen LogP contribution >= 0.6 is 11.3 Å². The number of aromatic nitrogens is 3. The van der Waals surface area contributed by atoms with Crippen LogP contribution < -0.4 is 0 Å². The van der Waals surface area contributed by atoms with E-state index in [1.807, 2.05) is 29.5 Å². The first kappa shape index (κ1) is 28.3. The van der Waals surface area contributed by atoms with Gasteiger partial charge in [0, 0.05) is 58.9 Å². The molecule has 5 heteroatoms. The molecule has 4 heterocycles. The summed E-state index contributed by atoms with van der Waals surface area (Å²) in [5.74, 6) is 1.46. The van der Waals surface area contributed by atoms with Crippen molar-refractivity contribution in [1.82, 2.24) is 14.5 Å². The molecule has 4 aromatic heterocycles. The predicted octanol–water partition coefficient (Wildman–Crippen LogP) is 12.8. The highest BCUT2D eigenvalue weighted by atomic mass is 32.1. The lowest BCUT2D eigenvalue weighted by atomic mass is 10.0. The first-order valence-electron chi connectivity index (χ1n) is 17.1. The highest BCUT2D eigenvalue weighted by Crippen LogP contribution is 2.44. The van der Waals surface area contributed by atoms with E-state index in [4.69, 9.17) is 14.4 Å². The fourth-order valence-corrected chi connectivity index (χ4v) is 8.95. The molecule has 0 fully saturated rings. The number of benzene rings is 7. The van der Waals surface area contributed by atoms with Gasteiger partial charge in [-0.15, -0.1) is 11.3 Å². The number of hydrogen-bond acceptors (Lipinski definition) is 4. The number of para-hydroxylation sites is 3. The van der Waals surface area contributed by atoms with Crippen molar-refractivity contribution < 1.29 is 4.42 Å². The number of rotatable bonds is 4. The van der Waals surface area contributed by atoms with E-state index >= 15 is 0 Å². The van der Waals surface area contributed by atoms with Gasteiger partial charge in [-0.25, -0.2) is 9.97 Å². The van der Waals surface area contributed by atoms with Crippen LogP contribution in [0.15, 0.2) is 168 Å². The zero-order valence-corrected chi connectivity index (χ0v) is 28.1. The summed E-state index contributed by atoms with van der Waals surface area (Å²) in [5.41, 5.74) is 8.92. The minimum absolute atomic E-state index is 0.657. The van der Waals surface area contributed by atoms with Crippen molar-refractivity contribution >= 4 is 75.3 Å². The number of nitrogens with zero attached hydrogens (tertiary/aromatic N) is 3. The molecule has 0 spiro atoms. The van der Waals surface area contributed by atoms with Gasteiger partial charge in [-0.2, -0.15) is 0 Å². The Kier molecular flexibility index (Phi) is 6.09. The standard InChI is InChI=1S/C46H27N3OS/c1-2-11-28(12-3-1)29-21-23-30(24-22-29)46-47-37(35-17-10-16-33-31-13-5-8-19-40(31)50-44(33)35)27-42(48-46)49-38-18-7-4-15-36(38)43-39(49)26-25-34-32-14-6-9-20-41(32)51-45(34)43/h1-27H. The van der Waals surface area contributed by atoms with E-state index in [0.29, 0.717) is 5.82 Å². The molecule has 7 aromatic carbocycles. The molecule has 0 aliphatic rings. The molecule has 11 rings (SSSR count). The van der Waals surface area contributed by atoms with Gasteiger partial charge < -0.3 is 4.42 Å². The fourth-order valence-electron chi connectivity index (χ4n) is 7.69. The molecule has 0 N–H and O–H groups in total. The maximum Gasteiger partial charge on any atom is 0.162 e. The van der Waals surface area contributed by atoms with Gasteiger partial charge in [0.2, 0.25) is 0 Å². The first-order valence-corrected chi connectivity index (χ1v) is 17.9. The zero-order chi connectivity index (χ0) is 33.5. The average molecular weight is 670 g/mol. The molecule has 0 amide bonds. The van der Waals surface area contributed by atoms with Crippen LogP contribution in [0.4, 0.5) is 0 Å². The first-order chi connectivity index (χ1) is 25.3. The van der Waals surface area contributed by atoms with Gasteiger partial charge in [-0.1, -0.05) is 127 Å². The van der Waals surface area contributed by atoms with Crippen LogP contribution in [0.5, 0.6) is 0 Å². The largest absolute Gasteiger partial charge is 0.455 e. The van der Waals surface area contributed by atoms with Crippen molar-refractivity contribution in [3.63, 3.8) is 0 Å². The van der Waals surface area contributed by atoms with Crippen LogP contribution in [0, 0.1) is 0 Å². The third kappa shape index (κ3) is 4.32. The highest BCUT2D eigenvalue weighted by Gasteiger charge is 2.21. The Morgan fingerprint density at radius 1 is 0.490 bits per heavy atom. The number of hydrogen-bond donors (Lipinski definition) is 0. The van der Waals surface area contributed by atoms with Crippen molar-refractivity contribution in [3.8, 4) is 39.6 Å². The van der Waals surface area contributed by atoms with Crippen LogP contribution in [0.1, 0.15) is 0 Å². The van der Waals surface area contributed by atoms with E-state index in [0.717, 1.165) is 61.2 Å². The normalized spacial score (nSPS) is 11.9. The molecule has 0 saturated carbocycles. The minimum atomic E-state index is 0.657. The monoisotopic (exact) mass is 669 g/mol. The average Bonchev–Trinajstić information content (AvgIpc) is 3.88. The molecule has 0 unspecified atom stereocenters. The summed E-state index contributed by atoms with van der Waals surface area (Å²) in [7, 11) is 0. The van der Waals surface area contributed by atoms with E-state index in [2.05, 4.69) is 150 Å². The topological polar surface area (TPSA) is 43.9 Å². The van der Waals surface area contributed by atoms with Crippen LogP contribution in [-0.2, 0) is 0 Å². The molecule has 238 valence electrons. The molecule has 0 radical (unpaired) electrons. The summed E-state index contributed by atoms with van der Waals surface area (Å²) in [5, 5.41) is 7.19. The van der Waals surface area contributed by atoms with Crippen LogP contribution in [-0.4, -0.2) is 14.5 Å². The lowest BCUT2D eigenvalue weighted by molar-refractivity contribution is 0.670. The van der Waals surface area contributed by atoms with Crippen LogP contribution in [0.3, 0.4) is 0 Å². The Morgan fingerprint density at radius 2 is 1.20 bits per heavy atom. The second-order valence-corrected chi connectivity index (χ2v) is 14.0. The maximum atomic E-state index is 6.53. The molecular weight excluding hydrogens is 643 g/mol. The second kappa shape index (κ2) is 11.0. The third-order valence-corrected chi connectivity index (χ3v) is 11.3. The quantitative estimate of drug-likeness (QED) is 0.187. The van der Waals surface area contributed by atoms with Crippen LogP contribution in [0.2, 0.25) is 0 Å². The van der Waals surface area contributed by atoms with Gasteiger partial charge in [-0.05, 0) is 41.5 Å². The molecule has 0 atom stereocenters. The maximum absolute atomic E-state index is 6.53. The lowest BCUT2D eigenvalue weighted by Crippen LogP contribution is -2.02. The van der Waals surface area contributed by atoms with Gasteiger partial charge in [0.1, 0.15) is 17.0 Å². The van der Waals surface area contributed by atoms with Crippen molar-refractivity contribution in [2.24, 2.45) is 0 Å². The van der Waals surface area contributed by atoms with Gasteiger partial charge >= 0.3 is 0 Å². The van der Waals surface area contributed by atoms with Gasteiger partial charge in [0.05, 0.1) is 16.7 Å². The molecule has 0 saturated heterocycles. The van der Waals surface area contributed by atoms with Gasteiger partial charge in [0.15, 0.2) is 5.82 Å². The Morgan fingerprint density at radius 3 is 2.08 bits per heavy atom. The van der Waals surface area contributed by atoms with Crippen molar-refractivity contribution in [2.75, 3.05) is 0 Å². The van der Waals surface area contributed by atoms with E-state index in [1.165, 1.54) is 36.5 Å². The summed E-state index contributed by atoms with van der Waals surface area (Å²) in [6, 6.07) is 57.5. The van der Waals surface area contributed by atoms with E-state index in [-0.39, 0.29) is 0 Å². The van der Waals surface area contributed by atoms with Crippen LogP contribution in [0.25, 0.3) is 104 Å². The molecular formula is C46H27N3OS. The van der Waals surface area contributed by atoms with Gasteiger partial charge in [0.25, 0.3) is 0 Å². The van der Waals surface area contributed by atoms with E-state index in [1.54, 1.807) is 0 Å². The van der Waals surface area contributed by atoms with E-state index in [9.17, 15) is 0 Å². The summed E-state index contributed by atoms with van der Waals surface area (Å²) in [6.07, 6.45) is 0. The van der Waals surface area contributed by atoms with Gasteiger partial charge in [-0.3, -0.25) is 4.57 Å². The minimum Gasteiger partial charge on any atom is -0.455 e. The molecule has 0 aliphatic heterocycles. The Hall–Kier alpha value is -6.56. The summed E-state index contributed by atoms with van der Waals surface area (Å²) in [6.45, 7) is 0. The molecule has 11 aromatic rings. The number of furan rings is 1. The summed E-state index contributed by atoms with van der Waals surface area (Å²) < 4.78 is 11.4. The molecule has 0 bridgehead atoms. The zero-order valence-electron chi connectivity index (χ0n) is 27.2. The molecule has 0 aliphatic carbocycles. The molecule has 4 nitrogen and oxygen atoms in total. The SMILES string of the molecule is c1ccc(-c2ccc(-c3nc(-c4cccc5c4oc4ccccc45)cc(-n4c5ccccc5c5c6sc7ccccc7c6ccc54)n3)cc2)cc1. The lowest BCUT2D eigenvalue weighted by Gasteiger charge is -2.12. The van der Waals surface area contributed by atoms with E-state index < -0.39 is 0 Å². The Bertz CT molecular complexity index is 3130. The Labute approximate surface area is 296 Å². The van der Waals surface area contributed by atoms with Crippen molar-refractivity contribution in [3.05, 3.63) is 164 Å². The second-order valence-electron chi connectivity index (χ2n) is 12.9. The molecule has 51 heavy (non-hydrogen) atoms. The Balaban J connectivity index is 1.20.